The highest BCUT2D eigenvalue weighted by Gasteiger charge is 2.48. The lowest BCUT2D eigenvalue weighted by molar-refractivity contribution is 0.0178. The summed E-state index contributed by atoms with van der Waals surface area (Å²) in [5.74, 6) is 0.450. The lowest BCUT2D eigenvalue weighted by Gasteiger charge is -2.51. The molecule has 4 heteroatoms. The molecular formula is C17H24ClFN2. The Morgan fingerprint density at radius 2 is 2.05 bits per heavy atom. The highest BCUT2D eigenvalue weighted by Crippen LogP contribution is 2.43. The van der Waals surface area contributed by atoms with Crippen LogP contribution in [0.2, 0.25) is 5.02 Å². The molecule has 2 aliphatic rings. The van der Waals surface area contributed by atoms with E-state index in [1.165, 1.54) is 18.9 Å². The van der Waals surface area contributed by atoms with Crippen molar-refractivity contribution in [2.24, 2.45) is 5.92 Å². The van der Waals surface area contributed by atoms with Gasteiger partial charge in [0.2, 0.25) is 0 Å². The molecular weight excluding hydrogens is 287 g/mol. The molecule has 2 fully saturated rings. The molecule has 1 atom stereocenters. The van der Waals surface area contributed by atoms with Crippen molar-refractivity contribution in [3.8, 4) is 0 Å². The second kappa shape index (κ2) is 5.22. The van der Waals surface area contributed by atoms with E-state index in [4.69, 9.17) is 11.6 Å². The van der Waals surface area contributed by atoms with E-state index in [1.54, 1.807) is 6.07 Å². The van der Waals surface area contributed by atoms with Crippen LogP contribution in [0, 0.1) is 11.7 Å². The van der Waals surface area contributed by atoms with Gasteiger partial charge < -0.3 is 5.32 Å². The van der Waals surface area contributed by atoms with Gasteiger partial charge in [0.25, 0.3) is 0 Å². The lowest BCUT2D eigenvalue weighted by atomic mass is 9.86. The normalized spacial score (nSPS) is 29.6. The molecule has 0 aromatic heterocycles. The molecule has 0 spiro atoms. The van der Waals surface area contributed by atoms with Crippen LogP contribution in [-0.4, -0.2) is 29.1 Å². The quantitative estimate of drug-likeness (QED) is 0.912. The van der Waals surface area contributed by atoms with E-state index in [9.17, 15) is 4.39 Å². The maximum atomic E-state index is 13.7. The summed E-state index contributed by atoms with van der Waals surface area (Å²) in [5, 5.41) is 4.00. The van der Waals surface area contributed by atoms with Crippen LogP contribution in [0.25, 0.3) is 0 Å². The van der Waals surface area contributed by atoms with Gasteiger partial charge in [-0.3, -0.25) is 4.90 Å². The number of halogens is 2. The standard InChI is InChI=1S/C17H24ClFN2/c1-16(2)10-20-17(3,13-7-8-13)11-21(16)9-12-5-4-6-14(19)15(12)18/h4-6,13,20H,7-11H2,1-3H3. The fourth-order valence-electron chi connectivity index (χ4n) is 3.34. The second-order valence-corrected chi connectivity index (χ2v) is 7.80. The third-order valence-electron chi connectivity index (χ3n) is 5.17. The minimum Gasteiger partial charge on any atom is -0.308 e. The number of hydrogen-bond donors (Lipinski definition) is 1. The summed E-state index contributed by atoms with van der Waals surface area (Å²) in [6.45, 7) is 9.43. The van der Waals surface area contributed by atoms with Crippen molar-refractivity contribution in [3.63, 3.8) is 0 Å². The molecule has 2 nitrogen and oxygen atoms in total. The van der Waals surface area contributed by atoms with Crippen molar-refractivity contribution in [1.29, 1.82) is 0 Å². The minimum atomic E-state index is -0.327. The molecule has 1 aliphatic heterocycles. The van der Waals surface area contributed by atoms with Crippen molar-refractivity contribution in [2.45, 2.75) is 51.2 Å². The Morgan fingerprint density at radius 3 is 2.71 bits per heavy atom. The van der Waals surface area contributed by atoms with E-state index in [-0.39, 0.29) is 21.9 Å². The molecule has 1 heterocycles. The number of hydrogen-bond acceptors (Lipinski definition) is 2. The monoisotopic (exact) mass is 310 g/mol. The third kappa shape index (κ3) is 2.96. The first-order valence-corrected chi connectivity index (χ1v) is 8.13. The average Bonchev–Trinajstić information content (AvgIpc) is 3.25. The van der Waals surface area contributed by atoms with Gasteiger partial charge in [0.15, 0.2) is 0 Å². The molecule has 1 aromatic carbocycles. The van der Waals surface area contributed by atoms with Crippen LogP contribution >= 0.6 is 11.6 Å². The lowest BCUT2D eigenvalue weighted by Crippen LogP contribution is -2.67. The predicted molar refractivity (Wildman–Crippen MR) is 85.0 cm³/mol. The second-order valence-electron chi connectivity index (χ2n) is 7.43. The van der Waals surface area contributed by atoms with Crippen molar-refractivity contribution in [1.82, 2.24) is 10.2 Å². The van der Waals surface area contributed by atoms with Gasteiger partial charge in [-0.25, -0.2) is 4.39 Å². The average molecular weight is 311 g/mol. The zero-order chi connectivity index (χ0) is 15.3. The molecule has 3 rings (SSSR count). The SMILES string of the molecule is CC1(C2CC2)CN(Cc2cccc(F)c2Cl)C(C)(C)CN1. The van der Waals surface area contributed by atoms with E-state index in [0.29, 0.717) is 6.54 Å². The van der Waals surface area contributed by atoms with Crippen molar-refractivity contribution in [3.05, 3.63) is 34.6 Å². The highest BCUT2D eigenvalue weighted by molar-refractivity contribution is 6.31. The van der Waals surface area contributed by atoms with Gasteiger partial charge in [-0.05, 0) is 51.2 Å². The maximum absolute atomic E-state index is 13.7. The van der Waals surface area contributed by atoms with E-state index >= 15 is 0 Å². The molecule has 1 aromatic rings. The van der Waals surface area contributed by atoms with Crippen LogP contribution < -0.4 is 5.32 Å². The number of piperazine rings is 1. The highest BCUT2D eigenvalue weighted by atomic mass is 35.5. The largest absolute Gasteiger partial charge is 0.308 e. The van der Waals surface area contributed by atoms with E-state index in [1.807, 2.05) is 6.07 Å². The number of nitrogens with zero attached hydrogens (tertiary/aromatic N) is 1. The van der Waals surface area contributed by atoms with Gasteiger partial charge >= 0.3 is 0 Å². The van der Waals surface area contributed by atoms with Gasteiger partial charge in [0.1, 0.15) is 5.82 Å². The minimum absolute atomic E-state index is 0.0457. The fourth-order valence-corrected chi connectivity index (χ4v) is 3.52. The zero-order valence-electron chi connectivity index (χ0n) is 13.0. The molecule has 21 heavy (non-hydrogen) atoms. The van der Waals surface area contributed by atoms with Crippen LogP contribution in [0.1, 0.15) is 39.2 Å². The Balaban J connectivity index is 1.82. The van der Waals surface area contributed by atoms with Crippen molar-refractivity contribution < 1.29 is 4.39 Å². The molecule has 1 unspecified atom stereocenters. The summed E-state index contributed by atoms with van der Waals surface area (Å²) in [7, 11) is 0. The predicted octanol–water partition coefficient (Wildman–Crippen LogP) is 3.83. The third-order valence-corrected chi connectivity index (χ3v) is 5.59. The summed E-state index contributed by atoms with van der Waals surface area (Å²) in [4.78, 5) is 2.45. The molecule has 0 amide bonds. The summed E-state index contributed by atoms with van der Waals surface area (Å²) < 4.78 is 13.7. The number of rotatable bonds is 3. The van der Waals surface area contributed by atoms with Crippen molar-refractivity contribution >= 4 is 11.6 Å². The van der Waals surface area contributed by atoms with Crippen molar-refractivity contribution in [2.75, 3.05) is 13.1 Å². The summed E-state index contributed by atoms with van der Waals surface area (Å²) >= 11 is 6.13. The van der Waals surface area contributed by atoms with Gasteiger partial charge in [-0.15, -0.1) is 0 Å². The van der Waals surface area contributed by atoms with Crippen LogP contribution in [-0.2, 0) is 6.54 Å². The molecule has 0 bridgehead atoms. The zero-order valence-corrected chi connectivity index (χ0v) is 13.8. The summed E-state index contributed by atoms with van der Waals surface area (Å²) in [6.07, 6.45) is 2.64. The van der Waals surface area contributed by atoms with Crippen LogP contribution in [0.3, 0.4) is 0 Å². The van der Waals surface area contributed by atoms with Crippen LogP contribution in [0.4, 0.5) is 4.39 Å². The van der Waals surface area contributed by atoms with E-state index in [0.717, 1.165) is 24.6 Å². The Kier molecular flexibility index (Phi) is 3.79. The van der Waals surface area contributed by atoms with Gasteiger partial charge in [-0.2, -0.15) is 0 Å². The van der Waals surface area contributed by atoms with Crippen LogP contribution in [0.15, 0.2) is 18.2 Å². The van der Waals surface area contributed by atoms with E-state index < -0.39 is 0 Å². The van der Waals surface area contributed by atoms with E-state index in [2.05, 4.69) is 31.0 Å². The molecule has 116 valence electrons. The molecule has 1 N–H and O–H groups in total. The van der Waals surface area contributed by atoms with Crippen LogP contribution in [0.5, 0.6) is 0 Å². The Morgan fingerprint density at radius 1 is 1.33 bits per heavy atom. The number of benzene rings is 1. The summed E-state index contributed by atoms with van der Waals surface area (Å²) in [6, 6.07) is 5.09. The Bertz CT molecular complexity index is 542. The Hall–Kier alpha value is -0.640. The van der Waals surface area contributed by atoms with Gasteiger partial charge in [-0.1, -0.05) is 23.7 Å². The number of nitrogens with one attached hydrogen (secondary N) is 1. The van der Waals surface area contributed by atoms with Gasteiger partial charge in [0.05, 0.1) is 5.02 Å². The molecule has 1 saturated carbocycles. The fraction of sp³-hybridized carbons (Fsp3) is 0.647. The summed E-state index contributed by atoms with van der Waals surface area (Å²) in [5.41, 5.74) is 1.10. The Labute approximate surface area is 131 Å². The maximum Gasteiger partial charge on any atom is 0.142 e. The first kappa shape index (κ1) is 15.3. The first-order chi connectivity index (χ1) is 9.82. The van der Waals surface area contributed by atoms with Gasteiger partial charge in [0, 0.05) is 30.7 Å². The molecule has 0 radical (unpaired) electrons. The smallest absolute Gasteiger partial charge is 0.142 e. The molecule has 1 aliphatic carbocycles. The first-order valence-electron chi connectivity index (χ1n) is 7.75. The molecule has 1 saturated heterocycles. The topological polar surface area (TPSA) is 15.3 Å².